The molecule has 0 aliphatic carbocycles. The van der Waals surface area contributed by atoms with Crippen molar-refractivity contribution >= 4 is 17.4 Å². The highest BCUT2D eigenvalue weighted by molar-refractivity contribution is 6.33. The molecule has 0 aromatic carbocycles. The molecule has 0 saturated carbocycles. The number of anilines is 1. The lowest BCUT2D eigenvalue weighted by molar-refractivity contribution is 1.22. The van der Waals surface area contributed by atoms with Crippen LogP contribution in [0.4, 0.5) is 5.82 Å². The average Bonchev–Trinajstić information content (AvgIpc) is 2.16. The van der Waals surface area contributed by atoms with Crippen molar-refractivity contribution < 1.29 is 0 Å². The van der Waals surface area contributed by atoms with E-state index in [1.807, 2.05) is 6.07 Å². The van der Waals surface area contributed by atoms with Crippen LogP contribution < -0.4 is 5.32 Å². The number of pyridine rings is 1. The zero-order chi connectivity index (χ0) is 9.68. The maximum Gasteiger partial charge on any atom is 0.145 e. The second kappa shape index (κ2) is 4.48. The summed E-state index contributed by atoms with van der Waals surface area (Å²) < 4.78 is 0. The number of hydrogen-bond acceptors (Lipinski definition) is 3. The van der Waals surface area contributed by atoms with Gasteiger partial charge >= 0.3 is 0 Å². The van der Waals surface area contributed by atoms with Gasteiger partial charge in [-0.3, -0.25) is 0 Å². The predicted molar refractivity (Wildman–Crippen MR) is 52.6 cm³/mol. The second-order valence-corrected chi connectivity index (χ2v) is 2.74. The summed E-state index contributed by atoms with van der Waals surface area (Å²) >= 11 is 5.83. The molecule has 0 radical (unpaired) electrons. The summed E-state index contributed by atoms with van der Waals surface area (Å²) in [7, 11) is 0. The van der Waals surface area contributed by atoms with Crippen molar-refractivity contribution in [1.82, 2.24) is 4.98 Å². The van der Waals surface area contributed by atoms with E-state index in [1.165, 1.54) is 6.20 Å². The second-order valence-electron chi connectivity index (χ2n) is 2.34. The van der Waals surface area contributed by atoms with Crippen molar-refractivity contribution in [1.29, 1.82) is 5.26 Å². The molecule has 3 nitrogen and oxygen atoms in total. The summed E-state index contributed by atoms with van der Waals surface area (Å²) in [5.74, 6) is 0.570. The third-order valence-corrected chi connectivity index (χ3v) is 1.67. The van der Waals surface area contributed by atoms with Crippen molar-refractivity contribution in [2.75, 3.05) is 11.9 Å². The molecule has 0 aliphatic heterocycles. The van der Waals surface area contributed by atoms with Gasteiger partial charge in [0.05, 0.1) is 10.6 Å². The van der Waals surface area contributed by atoms with Crippen LogP contribution in [0.25, 0.3) is 0 Å². The summed E-state index contributed by atoms with van der Waals surface area (Å²) in [5, 5.41) is 11.9. The molecule has 4 heteroatoms. The Morgan fingerprint density at radius 2 is 2.54 bits per heavy atom. The molecule has 1 N–H and O–H groups in total. The van der Waals surface area contributed by atoms with E-state index in [1.54, 1.807) is 12.1 Å². The molecule has 0 spiro atoms. The molecule has 1 aromatic heterocycles. The minimum Gasteiger partial charge on any atom is -0.365 e. The molecule has 0 atom stereocenters. The highest BCUT2D eigenvalue weighted by atomic mass is 35.5. The number of nitriles is 1. The molecule has 66 valence electrons. The first-order valence-electron chi connectivity index (χ1n) is 3.68. The summed E-state index contributed by atoms with van der Waals surface area (Å²) in [4.78, 5) is 3.97. The van der Waals surface area contributed by atoms with Crippen LogP contribution in [0.15, 0.2) is 24.9 Å². The molecule has 1 aromatic rings. The minimum atomic E-state index is 0.445. The van der Waals surface area contributed by atoms with E-state index >= 15 is 0 Å². The van der Waals surface area contributed by atoms with Gasteiger partial charge in [-0.05, 0) is 6.07 Å². The molecular formula is C9H8ClN3. The smallest absolute Gasteiger partial charge is 0.145 e. The normalized spacial score (nSPS) is 8.92. The molecular weight excluding hydrogens is 186 g/mol. The summed E-state index contributed by atoms with van der Waals surface area (Å²) in [6, 6.07) is 3.53. The van der Waals surface area contributed by atoms with Crippen LogP contribution >= 0.6 is 11.6 Å². The zero-order valence-electron chi connectivity index (χ0n) is 6.92. The van der Waals surface area contributed by atoms with Crippen LogP contribution in [-0.2, 0) is 0 Å². The molecule has 0 amide bonds. The first-order chi connectivity index (χ1) is 6.27. The lowest BCUT2D eigenvalue weighted by Crippen LogP contribution is -2.00. The SMILES string of the molecule is C=CCNc1ncc(C#N)cc1Cl. The minimum absolute atomic E-state index is 0.445. The maximum absolute atomic E-state index is 8.54. The maximum atomic E-state index is 8.54. The Hall–Kier alpha value is -1.53. The number of hydrogen-bond donors (Lipinski definition) is 1. The molecule has 13 heavy (non-hydrogen) atoms. The first kappa shape index (κ1) is 9.56. The lowest BCUT2D eigenvalue weighted by atomic mass is 10.3. The van der Waals surface area contributed by atoms with Crippen LogP contribution in [-0.4, -0.2) is 11.5 Å². The molecule has 0 unspecified atom stereocenters. The third kappa shape index (κ3) is 2.46. The van der Waals surface area contributed by atoms with Crippen molar-refractivity contribution in [3.63, 3.8) is 0 Å². The standard InChI is InChI=1S/C9H8ClN3/c1-2-3-12-9-8(10)4-7(5-11)6-13-9/h2,4,6H,1,3H2,(H,12,13). The van der Waals surface area contributed by atoms with Crippen LogP contribution in [0.3, 0.4) is 0 Å². The van der Waals surface area contributed by atoms with E-state index in [0.717, 1.165) is 0 Å². The molecule has 1 rings (SSSR count). The number of halogens is 1. The predicted octanol–water partition coefficient (Wildman–Crippen LogP) is 2.20. The summed E-state index contributed by atoms with van der Waals surface area (Å²) in [5.41, 5.74) is 0.453. The number of rotatable bonds is 3. The van der Waals surface area contributed by atoms with E-state index in [0.29, 0.717) is 22.9 Å². The Labute approximate surface area is 81.7 Å². The van der Waals surface area contributed by atoms with E-state index in [9.17, 15) is 0 Å². The van der Waals surface area contributed by atoms with Crippen LogP contribution in [0.2, 0.25) is 5.02 Å². The van der Waals surface area contributed by atoms with E-state index in [2.05, 4.69) is 16.9 Å². The summed E-state index contributed by atoms with van der Waals surface area (Å²) in [6.07, 6.45) is 3.17. The van der Waals surface area contributed by atoms with Gasteiger partial charge in [-0.2, -0.15) is 5.26 Å². The van der Waals surface area contributed by atoms with Crippen molar-refractivity contribution in [3.8, 4) is 6.07 Å². The monoisotopic (exact) mass is 193 g/mol. The van der Waals surface area contributed by atoms with E-state index in [4.69, 9.17) is 16.9 Å². The van der Waals surface area contributed by atoms with Gasteiger partial charge in [-0.25, -0.2) is 4.98 Å². The fraction of sp³-hybridized carbons (Fsp3) is 0.111. The van der Waals surface area contributed by atoms with Crippen molar-refractivity contribution in [2.45, 2.75) is 0 Å². The lowest BCUT2D eigenvalue weighted by Gasteiger charge is -2.03. The molecule has 0 aliphatic rings. The molecule has 0 bridgehead atoms. The van der Waals surface area contributed by atoms with E-state index in [-0.39, 0.29) is 0 Å². The van der Waals surface area contributed by atoms with E-state index < -0.39 is 0 Å². The van der Waals surface area contributed by atoms with Crippen molar-refractivity contribution in [2.24, 2.45) is 0 Å². The summed E-state index contributed by atoms with van der Waals surface area (Å²) in [6.45, 7) is 4.15. The Morgan fingerprint density at radius 3 is 3.08 bits per heavy atom. The fourth-order valence-electron chi connectivity index (χ4n) is 0.798. The molecule has 0 saturated heterocycles. The van der Waals surface area contributed by atoms with Gasteiger partial charge in [0, 0.05) is 12.7 Å². The largest absolute Gasteiger partial charge is 0.365 e. The number of aromatic nitrogens is 1. The topological polar surface area (TPSA) is 48.7 Å². The average molecular weight is 194 g/mol. The zero-order valence-corrected chi connectivity index (χ0v) is 7.67. The quantitative estimate of drug-likeness (QED) is 0.749. The van der Waals surface area contributed by atoms with Crippen molar-refractivity contribution in [3.05, 3.63) is 35.5 Å². The fourth-order valence-corrected chi connectivity index (χ4v) is 1.03. The third-order valence-electron chi connectivity index (χ3n) is 1.38. The highest BCUT2D eigenvalue weighted by Crippen LogP contribution is 2.19. The van der Waals surface area contributed by atoms with Crippen LogP contribution in [0.1, 0.15) is 5.56 Å². The molecule has 1 heterocycles. The van der Waals surface area contributed by atoms with Crippen LogP contribution in [0.5, 0.6) is 0 Å². The Bertz CT molecular complexity index is 354. The van der Waals surface area contributed by atoms with Gasteiger partial charge in [0.15, 0.2) is 0 Å². The van der Waals surface area contributed by atoms with Gasteiger partial charge in [-0.15, -0.1) is 6.58 Å². The Balaban J connectivity index is 2.86. The Morgan fingerprint density at radius 1 is 1.77 bits per heavy atom. The van der Waals surface area contributed by atoms with Gasteiger partial charge in [0.1, 0.15) is 11.9 Å². The van der Waals surface area contributed by atoms with Gasteiger partial charge in [0.25, 0.3) is 0 Å². The van der Waals surface area contributed by atoms with Crippen LogP contribution in [0, 0.1) is 11.3 Å². The highest BCUT2D eigenvalue weighted by Gasteiger charge is 2.01. The van der Waals surface area contributed by atoms with Gasteiger partial charge < -0.3 is 5.32 Å². The molecule has 0 fully saturated rings. The Kier molecular flexibility index (Phi) is 3.30. The number of nitrogens with zero attached hydrogens (tertiary/aromatic N) is 2. The first-order valence-corrected chi connectivity index (χ1v) is 4.06. The van der Waals surface area contributed by atoms with Gasteiger partial charge in [-0.1, -0.05) is 17.7 Å². The van der Waals surface area contributed by atoms with Gasteiger partial charge in [0.2, 0.25) is 0 Å². The number of nitrogens with one attached hydrogen (secondary N) is 1.